The van der Waals surface area contributed by atoms with Crippen molar-refractivity contribution in [1.29, 1.82) is 0 Å². The predicted molar refractivity (Wildman–Crippen MR) is 61.4 cm³/mol. The van der Waals surface area contributed by atoms with Gasteiger partial charge in [0.1, 0.15) is 0 Å². The molecule has 0 amide bonds. The molecule has 0 fully saturated rings. The first-order valence-electron chi connectivity index (χ1n) is 5.06. The van der Waals surface area contributed by atoms with E-state index in [9.17, 15) is 4.79 Å². The van der Waals surface area contributed by atoms with Crippen LogP contribution in [0.2, 0.25) is 0 Å². The third kappa shape index (κ3) is 3.91. The average Bonchev–Trinajstić information content (AvgIpc) is 2.25. The number of rotatable bonds is 6. The molecular formula is C11H15NO2S. The third-order valence-electron chi connectivity index (χ3n) is 1.98. The highest BCUT2D eigenvalue weighted by atomic mass is 32.2. The molecular weight excluding hydrogens is 210 g/mol. The molecule has 15 heavy (non-hydrogen) atoms. The molecule has 0 spiro atoms. The Kier molecular flexibility index (Phi) is 5.18. The minimum atomic E-state index is -0.950. The Bertz CT molecular complexity index is 328. The van der Waals surface area contributed by atoms with E-state index >= 15 is 0 Å². The Morgan fingerprint density at radius 1 is 1.53 bits per heavy atom. The topological polar surface area (TPSA) is 50.2 Å². The lowest BCUT2D eigenvalue weighted by molar-refractivity contribution is 0.0686. The summed E-state index contributed by atoms with van der Waals surface area (Å²) in [4.78, 5) is 15.5. The van der Waals surface area contributed by atoms with Crippen molar-refractivity contribution in [2.45, 2.75) is 31.1 Å². The zero-order chi connectivity index (χ0) is 11.1. The number of carboxylic acids is 1. The van der Waals surface area contributed by atoms with Crippen LogP contribution in [0.1, 0.15) is 36.7 Å². The molecule has 0 aliphatic heterocycles. The lowest BCUT2D eigenvalue weighted by Crippen LogP contribution is -2.02. The summed E-state index contributed by atoms with van der Waals surface area (Å²) in [6, 6.07) is 3.58. The first kappa shape index (κ1) is 12.0. The monoisotopic (exact) mass is 225 g/mol. The predicted octanol–water partition coefficient (Wildman–Crippen LogP) is 3.06. The maximum Gasteiger partial charge on any atom is 0.355 e. The van der Waals surface area contributed by atoms with E-state index in [1.54, 1.807) is 17.8 Å². The van der Waals surface area contributed by atoms with Gasteiger partial charge in [0.15, 0.2) is 5.69 Å². The fourth-order valence-electron chi connectivity index (χ4n) is 1.20. The first-order valence-corrected chi connectivity index (χ1v) is 6.05. The van der Waals surface area contributed by atoms with E-state index in [1.165, 1.54) is 19.0 Å². The summed E-state index contributed by atoms with van der Waals surface area (Å²) in [7, 11) is 0. The quantitative estimate of drug-likeness (QED) is 0.597. The number of aromatic nitrogens is 1. The number of carboxylic acid groups (broad SMARTS) is 1. The molecule has 1 rings (SSSR count). The van der Waals surface area contributed by atoms with Gasteiger partial charge in [-0.1, -0.05) is 19.8 Å². The molecule has 0 saturated carbocycles. The van der Waals surface area contributed by atoms with Gasteiger partial charge in [-0.05, 0) is 24.3 Å². The normalized spacial score (nSPS) is 10.2. The molecule has 0 atom stereocenters. The molecule has 0 aromatic carbocycles. The van der Waals surface area contributed by atoms with Gasteiger partial charge in [-0.3, -0.25) is 0 Å². The van der Waals surface area contributed by atoms with Crippen molar-refractivity contribution in [2.24, 2.45) is 0 Å². The van der Waals surface area contributed by atoms with Crippen LogP contribution in [0.3, 0.4) is 0 Å². The minimum absolute atomic E-state index is 0.166. The number of aromatic carboxylic acids is 1. The van der Waals surface area contributed by atoms with Gasteiger partial charge in [0.25, 0.3) is 0 Å². The van der Waals surface area contributed by atoms with Crippen LogP contribution in [-0.4, -0.2) is 21.8 Å². The zero-order valence-electron chi connectivity index (χ0n) is 8.77. The lowest BCUT2D eigenvalue weighted by atomic mass is 10.3. The Morgan fingerprint density at radius 3 is 3.00 bits per heavy atom. The summed E-state index contributed by atoms with van der Waals surface area (Å²) in [5.41, 5.74) is 0.166. The number of pyridine rings is 1. The second-order valence-corrected chi connectivity index (χ2v) is 4.35. The number of hydrogen-bond acceptors (Lipinski definition) is 3. The van der Waals surface area contributed by atoms with Crippen molar-refractivity contribution in [2.75, 3.05) is 5.75 Å². The second kappa shape index (κ2) is 6.45. The summed E-state index contributed by atoms with van der Waals surface area (Å²) >= 11 is 1.57. The van der Waals surface area contributed by atoms with E-state index in [-0.39, 0.29) is 5.69 Å². The largest absolute Gasteiger partial charge is 0.476 e. The fourth-order valence-corrected chi connectivity index (χ4v) is 2.22. The Balaban J connectivity index is 2.56. The van der Waals surface area contributed by atoms with Crippen LogP contribution in [0.5, 0.6) is 0 Å². The van der Waals surface area contributed by atoms with Crippen LogP contribution < -0.4 is 0 Å². The Hall–Kier alpha value is -1.03. The molecule has 1 aromatic rings. The van der Waals surface area contributed by atoms with Crippen LogP contribution in [0.25, 0.3) is 0 Å². The van der Waals surface area contributed by atoms with Crippen molar-refractivity contribution in [1.82, 2.24) is 4.98 Å². The van der Waals surface area contributed by atoms with Crippen molar-refractivity contribution in [3.63, 3.8) is 0 Å². The highest BCUT2D eigenvalue weighted by Crippen LogP contribution is 2.22. The average molecular weight is 225 g/mol. The van der Waals surface area contributed by atoms with Gasteiger partial charge in [-0.15, -0.1) is 11.8 Å². The summed E-state index contributed by atoms with van der Waals surface area (Å²) in [5.74, 6) is 0.00777. The van der Waals surface area contributed by atoms with Crippen molar-refractivity contribution in [3.8, 4) is 0 Å². The molecule has 1 heterocycles. The number of unbranched alkanes of at least 4 members (excludes halogenated alkanes) is 2. The van der Waals surface area contributed by atoms with Crippen LogP contribution in [0.15, 0.2) is 23.2 Å². The molecule has 82 valence electrons. The summed E-state index contributed by atoms with van der Waals surface area (Å²) in [6.45, 7) is 2.15. The molecule has 0 saturated heterocycles. The van der Waals surface area contributed by atoms with Gasteiger partial charge in [-0.25, -0.2) is 9.78 Å². The van der Waals surface area contributed by atoms with Crippen LogP contribution in [-0.2, 0) is 0 Å². The summed E-state index contributed by atoms with van der Waals surface area (Å²) in [6.07, 6.45) is 5.00. The van der Waals surface area contributed by atoms with Crippen LogP contribution >= 0.6 is 11.8 Å². The maximum absolute atomic E-state index is 10.8. The van der Waals surface area contributed by atoms with Gasteiger partial charge in [0.2, 0.25) is 0 Å². The Morgan fingerprint density at radius 2 is 2.33 bits per heavy atom. The second-order valence-electron chi connectivity index (χ2n) is 3.21. The molecule has 0 aliphatic carbocycles. The summed E-state index contributed by atoms with van der Waals surface area (Å²) in [5, 5.41) is 8.89. The zero-order valence-corrected chi connectivity index (χ0v) is 9.59. The number of carbonyl (C=O) groups is 1. The van der Waals surface area contributed by atoms with Gasteiger partial charge in [0.05, 0.1) is 0 Å². The Labute approximate surface area is 93.9 Å². The number of hydrogen-bond donors (Lipinski definition) is 1. The van der Waals surface area contributed by atoms with Crippen molar-refractivity contribution >= 4 is 17.7 Å². The number of thioether (sulfide) groups is 1. The molecule has 1 aromatic heterocycles. The highest BCUT2D eigenvalue weighted by molar-refractivity contribution is 7.99. The number of nitrogens with zero attached hydrogens (tertiary/aromatic N) is 1. The molecule has 1 N–H and O–H groups in total. The van der Waals surface area contributed by atoms with Gasteiger partial charge >= 0.3 is 5.97 Å². The smallest absolute Gasteiger partial charge is 0.355 e. The maximum atomic E-state index is 10.8. The van der Waals surface area contributed by atoms with Gasteiger partial charge in [-0.2, -0.15) is 0 Å². The van der Waals surface area contributed by atoms with Gasteiger partial charge in [0, 0.05) is 11.1 Å². The SMILES string of the molecule is CCCCCSc1cccnc1C(=O)O. The van der Waals surface area contributed by atoms with E-state index in [4.69, 9.17) is 5.11 Å². The van der Waals surface area contributed by atoms with Crippen molar-refractivity contribution < 1.29 is 9.90 Å². The standard InChI is InChI=1S/C11H15NO2S/c1-2-3-4-8-15-9-6-5-7-12-10(9)11(13)14/h5-7H,2-4,8H2,1H3,(H,13,14). The molecule has 4 heteroatoms. The van der Waals surface area contributed by atoms with E-state index < -0.39 is 5.97 Å². The molecule has 0 radical (unpaired) electrons. The molecule has 0 unspecified atom stereocenters. The molecule has 0 bridgehead atoms. The first-order chi connectivity index (χ1) is 7.25. The van der Waals surface area contributed by atoms with Crippen molar-refractivity contribution in [3.05, 3.63) is 24.0 Å². The molecule has 0 aliphatic rings. The third-order valence-corrected chi connectivity index (χ3v) is 3.11. The summed E-state index contributed by atoms with van der Waals surface area (Å²) < 4.78 is 0. The van der Waals surface area contributed by atoms with E-state index in [0.29, 0.717) is 0 Å². The lowest BCUT2D eigenvalue weighted by Gasteiger charge is -2.03. The highest BCUT2D eigenvalue weighted by Gasteiger charge is 2.10. The van der Waals surface area contributed by atoms with E-state index in [1.807, 2.05) is 6.07 Å². The van der Waals surface area contributed by atoms with Crippen LogP contribution in [0.4, 0.5) is 0 Å². The van der Waals surface area contributed by atoms with Gasteiger partial charge < -0.3 is 5.11 Å². The van der Waals surface area contributed by atoms with Crippen LogP contribution in [0, 0.1) is 0 Å². The van der Waals surface area contributed by atoms with E-state index in [2.05, 4.69) is 11.9 Å². The van der Waals surface area contributed by atoms with E-state index in [0.717, 1.165) is 17.1 Å². The fraction of sp³-hybridized carbons (Fsp3) is 0.455. The minimum Gasteiger partial charge on any atom is -0.476 e. The molecule has 3 nitrogen and oxygen atoms in total.